The molecular weight excluding hydrogens is 202 g/mol. The zero-order chi connectivity index (χ0) is 11.6. The first-order valence-corrected chi connectivity index (χ1v) is 6.27. The van der Waals surface area contributed by atoms with Crippen LogP contribution in [0.5, 0.6) is 0 Å². The summed E-state index contributed by atoms with van der Waals surface area (Å²) in [6.45, 7) is 8.76. The number of ether oxygens (including phenoxy) is 1. The van der Waals surface area contributed by atoms with Gasteiger partial charge in [0.1, 0.15) is 0 Å². The fourth-order valence-electron chi connectivity index (χ4n) is 2.21. The van der Waals surface area contributed by atoms with E-state index in [0.717, 1.165) is 32.8 Å². The van der Waals surface area contributed by atoms with Gasteiger partial charge in [-0.25, -0.2) is 0 Å². The van der Waals surface area contributed by atoms with Crippen molar-refractivity contribution in [3.63, 3.8) is 0 Å². The Balaban J connectivity index is 1.86. The lowest BCUT2D eigenvalue weighted by Crippen LogP contribution is -2.45. The molecule has 1 heterocycles. The fourth-order valence-corrected chi connectivity index (χ4v) is 2.21. The molecule has 0 aromatic heterocycles. The molecule has 0 bridgehead atoms. The summed E-state index contributed by atoms with van der Waals surface area (Å²) in [4.78, 5) is 6.69. The minimum absolute atomic E-state index is 0.455. The molecule has 0 aromatic carbocycles. The van der Waals surface area contributed by atoms with E-state index >= 15 is 0 Å². The van der Waals surface area contributed by atoms with E-state index in [2.05, 4.69) is 23.7 Å². The van der Waals surface area contributed by atoms with Crippen LogP contribution in [0.4, 0.5) is 0 Å². The molecule has 2 N–H and O–H groups in total. The summed E-state index contributed by atoms with van der Waals surface area (Å²) in [6, 6.07) is 0. The van der Waals surface area contributed by atoms with Crippen LogP contribution in [0, 0.1) is 11.3 Å². The third-order valence-electron chi connectivity index (χ3n) is 4.01. The summed E-state index contributed by atoms with van der Waals surface area (Å²) in [5.74, 6) is 1.42. The van der Waals surface area contributed by atoms with Gasteiger partial charge in [0, 0.05) is 19.6 Å². The van der Waals surface area contributed by atoms with Crippen LogP contribution < -0.4 is 5.73 Å². The van der Waals surface area contributed by atoms with Crippen LogP contribution in [-0.2, 0) is 4.74 Å². The maximum atomic E-state index is 6.00. The van der Waals surface area contributed by atoms with Crippen molar-refractivity contribution in [3.8, 4) is 0 Å². The van der Waals surface area contributed by atoms with Crippen molar-refractivity contribution in [2.45, 2.75) is 26.7 Å². The number of rotatable bonds is 3. The molecule has 4 heteroatoms. The predicted molar refractivity (Wildman–Crippen MR) is 65.4 cm³/mol. The molecule has 1 saturated heterocycles. The summed E-state index contributed by atoms with van der Waals surface area (Å²) in [6.07, 6.45) is 2.62. The minimum Gasteiger partial charge on any atom is -0.378 e. The molecular formula is C12H23N3O. The van der Waals surface area contributed by atoms with Crippen molar-refractivity contribution in [2.24, 2.45) is 22.1 Å². The molecule has 1 aliphatic carbocycles. The van der Waals surface area contributed by atoms with Crippen molar-refractivity contribution in [1.82, 2.24) is 4.90 Å². The Morgan fingerprint density at radius 3 is 2.50 bits per heavy atom. The number of hydrogen-bond donors (Lipinski definition) is 1. The minimum atomic E-state index is 0.455. The van der Waals surface area contributed by atoms with Gasteiger partial charge in [0.05, 0.1) is 13.2 Å². The number of guanidine groups is 1. The zero-order valence-electron chi connectivity index (χ0n) is 10.4. The van der Waals surface area contributed by atoms with Crippen LogP contribution in [0.3, 0.4) is 0 Å². The molecule has 0 unspecified atom stereocenters. The van der Waals surface area contributed by atoms with Crippen LogP contribution >= 0.6 is 0 Å². The summed E-state index contributed by atoms with van der Waals surface area (Å²) in [7, 11) is 0. The topological polar surface area (TPSA) is 50.8 Å². The van der Waals surface area contributed by atoms with E-state index in [1.54, 1.807) is 0 Å². The Bertz CT molecular complexity index is 265. The van der Waals surface area contributed by atoms with Gasteiger partial charge in [0.2, 0.25) is 0 Å². The third-order valence-corrected chi connectivity index (χ3v) is 4.01. The normalized spacial score (nSPS) is 24.9. The van der Waals surface area contributed by atoms with Crippen molar-refractivity contribution in [3.05, 3.63) is 0 Å². The van der Waals surface area contributed by atoms with Crippen LogP contribution in [-0.4, -0.2) is 43.7 Å². The average molecular weight is 225 g/mol. The number of aliphatic imine (C=N–C) groups is 1. The molecule has 0 amide bonds. The molecule has 1 aliphatic heterocycles. The molecule has 2 rings (SSSR count). The number of hydrogen-bond acceptors (Lipinski definition) is 2. The van der Waals surface area contributed by atoms with E-state index in [1.165, 1.54) is 12.8 Å². The van der Waals surface area contributed by atoms with Gasteiger partial charge in [-0.3, -0.25) is 4.99 Å². The quantitative estimate of drug-likeness (QED) is 0.577. The lowest BCUT2D eigenvalue weighted by molar-refractivity contribution is 0.0673. The van der Waals surface area contributed by atoms with Crippen LogP contribution in [0.15, 0.2) is 4.99 Å². The molecule has 4 nitrogen and oxygen atoms in total. The molecule has 92 valence electrons. The monoisotopic (exact) mass is 225 g/mol. The van der Waals surface area contributed by atoms with Crippen molar-refractivity contribution in [1.29, 1.82) is 0 Å². The molecule has 0 aromatic rings. The highest BCUT2D eigenvalue weighted by atomic mass is 16.5. The Morgan fingerprint density at radius 2 is 2.00 bits per heavy atom. The second-order valence-electron chi connectivity index (χ2n) is 5.29. The highest BCUT2D eigenvalue weighted by molar-refractivity contribution is 5.78. The number of nitrogens with two attached hydrogens (primary N) is 1. The van der Waals surface area contributed by atoms with Gasteiger partial charge in [-0.05, 0) is 24.2 Å². The van der Waals surface area contributed by atoms with Crippen molar-refractivity contribution < 1.29 is 4.74 Å². The molecule has 0 radical (unpaired) electrons. The molecule has 16 heavy (non-hydrogen) atoms. The van der Waals surface area contributed by atoms with Crippen LogP contribution in [0.2, 0.25) is 0 Å². The predicted octanol–water partition coefficient (Wildman–Crippen LogP) is 1.07. The van der Waals surface area contributed by atoms with E-state index < -0.39 is 0 Å². The molecule has 0 spiro atoms. The average Bonchev–Trinajstić information content (AvgIpc) is 3.08. The van der Waals surface area contributed by atoms with Gasteiger partial charge < -0.3 is 15.4 Å². The smallest absolute Gasteiger partial charge is 0.191 e. The molecule has 1 saturated carbocycles. The van der Waals surface area contributed by atoms with Crippen LogP contribution in [0.25, 0.3) is 0 Å². The van der Waals surface area contributed by atoms with Crippen LogP contribution in [0.1, 0.15) is 26.7 Å². The lowest BCUT2D eigenvalue weighted by atomic mass is 9.93. The van der Waals surface area contributed by atoms with Gasteiger partial charge in [-0.2, -0.15) is 0 Å². The Hall–Kier alpha value is -0.770. The summed E-state index contributed by atoms with van der Waals surface area (Å²) in [5, 5.41) is 0. The van der Waals surface area contributed by atoms with Gasteiger partial charge in [-0.15, -0.1) is 0 Å². The van der Waals surface area contributed by atoms with Gasteiger partial charge in [0.15, 0.2) is 5.96 Å². The number of nitrogens with zero attached hydrogens (tertiary/aromatic N) is 2. The van der Waals surface area contributed by atoms with Gasteiger partial charge in [0.25, 0.3) is 0 Å². The summed E-state index contributed by atoms with van der Waals surface area (Å²) in [5.41, 5.74) is 6.46. The second kappa shape index (κ2) is 4.62. The van der Waals surface area contributed by atoms with Gasteiger partial charge >= 0.3 is 0 Å². The highest BCUT2D eigenvalue weighted by Gasteiger charge is 2.45. The SMILES string of the molecule is CC(C)C1(CN=C(N)N2CCOCC2)CC1. The Morgan fingerprint density at radius 1 is 1.38 bits per heavy atom. The molecule has 0 atom stereocenters. The van der Waals surface area contributed by atoms with Crippen molar-refractivity contribution >= 4 is 5.96 Å². The maximum absolute atomic E-state index is 6.00. The number of morpholine rings is 1. The zero-order valence-corrected chi connectivity index (χ0v) is 10.4. The Labute approximate surface area is 97.9 Å². The van der Waals surface area contributed by atoms with E-state index in [0.29, 0.717) is 17.3 Å². The van der Waals surface area contributed by atoms with E-state index in [4.69, 9.17) is 10.5 Å². The summed E-state index contributed by atoms with van der Waals surface area (Å²) < 4.78 is 5.29. The largest absolute Gasteiger partial charge is 0.378 e. The highest BCUT2D eigenvalue weighted by Crippen LogP contribution is 2.51. The van der Waals surface area contributed by atoms with E-state index in [1.807, 2.05) is 0 Å². The molecule has 2 aliphatic rings. The maximum Gasteiger partial charge on any atom is 0.191 e. The Kier molecular flexibility index (Phi) is 3.38. The standard InChI is InChI=1S/C12H23N3O/c1-10(2)12(3-4-12)9-14-11(13)15-5-7-16-8-6-15/h10H,3-9H2,1-2H3,(H2,13,14). The lowest BCUT2D eigenvalue weighted by Gasteiger charge is -2.28. The second-order valence-corrected chi connectivity index (χ2v) is 5.29. The fraction of sp³-hybridized carbons (Fsp3) is 0.917. The first-order chi connectivity index (χ1) is 7.64. The van der Waals surface area contributed by atoms with E-state index in [-0.39, 0.29) is 0 Å². The summed E-state index contributed by atoms with van der Waals surface area (Å²) >= 11 is 0. The van der Waals surface area contributed by atoms with E-state index in [9.17, 15) is 0 Å². The van der Waals surface area contributed by atoms with Crippen molar-refractivity contribution in [2.75, 3.05) is 32.8 Å². The van der Waals surface area contributed by atoms with Gasteiger partial charge in [-0.1, -0.05) is 13.8 Å². The molecule has 2 fully saturated rings. The third kappa shape index (κ3) is 2.48. The first-order valence-electron chi connectivity index (χ1n) is 6.27. The first kappa shape index (κ1) is 11.7.